The average Bonchev–Trinajstić information content (AvgIpc) is 3.16. The second-order valence-corrected chi connectivity index (χ2v) is 10.8. The number of aromatic amines is 1. The number of fused-ring (bicyclic) bond motifs is 3. The number of hydrogen-bond acceptors (Lipinski definition) is 3. The maximum absolute atomic E-state index is 13.6. The highest BCUT2D eigenvalue weighted by Crippen LogP contribution is 2.39. The minimum Gasteiger partial charge on any atom is -0.444 e. The summed E-state index contributed by atoms with van der Waals surface area (Å²) in [6.07, 6.45) is 5.32. The van der Waals surface area contributed by atoms with Crippen LogP contribution in [0.4, 0.5) is 4.79 Å². The molecule has 0 saturated heterocycles. The zero-order valence-electron chi connectivity index (χ0n) is 20.8. The van der Waals surface area contributed by atoms with Crippen molar-refractivity contribution < 1.29 is 14.3 Å². The molecule has 2 amide bonds. The molecular weight excluding hydrogens is 414 g/mol. The average molecular weight is 454 g/mol. The number of carbonyl (C=O) groups is 2. The SMILES string of the molecule is CCC1c2[nH]c3ccccc3c2CCN1C(=O)C1CCC(CN(C)C(=O)OC(C)(C)C)CC1. The molecule has 4 rings (SSSR count). The molecule has 2 heterocycles. The van der Waals surface area contributed by atoms with E-state index >= 15 is 0 Å². The fourth-order valence-electron chi connectivity index (χ4n) is 5.64. The molecule has 33 heavy (non-hydrogen) atoms. The van der Waals surface area contributed by atoms with Gasteiger partial charge in [0.25, 0.3) is 0 Å². The maximum atomic E-state index is 13.6. The Labute approximate surface area is 197 Å². The summed E-state index contributed by atoms with van der Waals surface area (Å²) >= 11 is 0. The molecule has 6 heteroatoms. The number of nitrogens with zero attached hydrogens (tertiary/aromatic N) is 2. The molecule has 6 nitrogen and oxygen atoms in total. The van der Waals surface area contributed by atoms with Crippen molar-refractivity contribution in [3.63, 3.8) is 0 Å². The highest BCUT2D eigenvalue weighted by atomic mass is 16.6. The van der Waals surface area contributed by atoms with Gasteiger partial charge in [-0.3, -0.25) is 4.79 Å². The Kier molecular flexibility index (Phi) is 6.73. The van der Waals surface area contributed by atoms with E-state index in [1.54, 1.807) is 4.90 Å². The molecule has 1 unspecified atom stereocenters. The van der Waals surface area contributed by atoms with Crippen LogP contribution in [0.3, 0.4) is 0 Å². The summed E-state index contributed by atoms with van der Waals surface area (Å²) in [6.45, 7) is 9.33. The van der Waals surface area contributed by atoms with Crippen molar-refractivity contribution in [3.8, 4) is 0 Å². The normalized spacial score (nSPS) is 23.3. The summed E-state index contributed by atoms with van der Waals surface area (Å²) in [5.74, 6) is 0.827. The Bertz CT molecular complexity index is 998. The highest BCUT2D eigenvalue weighted by molar-refractivity contribution is 5.86. The summed E-state index contributed by atoms with van der Waals surface area (Å²) in [5.41, 5.74) is 3.30. The van der Waals surface area contributed by atoms with Crippen LogP contribution in [-0.2, 0) is 16.0 Å². The van der Waals surface area contributed by atoms with E-state index in [2.05, 4.69) is 41.1 Å². The predicted molar refractivity (Wildman–Crippen MR) is 131 cm³/mol. The Balaban J connectivity index is 1.36. The number of hydrogen-bond donors (Lipinski definition) is 1. The molecule has 1 saturated carbocycles. The summed E-state index contributed by atoms with van der Waals surface area (Å²) in [7, 11) is 1.81. The van der Waals surface area contributed by atoms with Gasteiger partial charge < -0.3 is 19.5 Å². The number of para-hydroxylation sites is 1. The van der Waals surface area contributed by atoms with Crippen molar-refractivity contribution in [2.45, 2.75) is 77.9 Å². The van der Waals surface area contributed by atoms with Crippen LogP contribution in [0.15, 0.2) is 24.3 Å². The van der Waals surface area contributed by atoms with Crippen LogP contribution in [-0.4, -0.2) is 52.5 Å². The molecule has 180 valence electrons. The first-order valence-electron chi connectivity index (χ1n) is 12.5. The molecule has 1 atom stereocenters. The molecule has 0 spiro atoms. The van der Waals surface area contributed by atoms with Gasteiger partial charge in [0.2, 0.25) is 5.91 Å². The van der Waals surface area contributed by atoms with Crippen molar-refractivity contribution in [2.75, 3.05) is 20.1 Å². The first-order chi connectivity index (χ1) is 15.7. The van der Waals surface area contributed by atoms with E-state index in [-0.39, 0.29) is 18.1 Å². The third-order valence-corrected chi connectivity index (χ3v) is 7.26. The van der Waals surface area contributed by atoms with Gasteiger partial charge in [0.1, 0.15) is 5.60 Å². The number of carbonyl (C=O) groups excluding carboxylic acids is 2. The van der Waals surface area contributed by atoms with E-state index in [1.165, 1.54) is 22.2 Å². The van der Waals surface area contributed by atoms with E-state index in [0.29, 0.717) is 18.4 Å². The van der Waals surface area contributed by atoms with Gasteiger partial charge >= 0.3 is 6.09 Å². The van der Waals surface area contributed by atoms with Gasteiger partial charge in [-0.15, -0.1) is 0 Å². The van der Waals surface area contributed by atoms with Crippen molar-refractivity contribution >= 4 is 22.9 Å². The van der Waals surface area contributed by atoms with E-state index in [9.17, 15) is 9.59 Å². The van der Waals surface area contributed by atoms with Crippen LogP contribution in [0.25, 0.3) is 10.9 Å². The lowest BCUT2D eigenvalue weighted by Crippen LogP contribution is -2.44. The molecule has 2 aliphatic rings. The monoisotopic (exact) mass is 453 g/mol. The summed E-state index contributed by atoms with van der Waals surface area (Å²) in [5, 5.41) is 1.30. The number of amides is 2. The molecule has 2 aromatic rings. The van der Waals surface area contributed by atoms with Gasteiger partial charge in [-0.2, -0.15) is 0 Å². The highest BCUT2D eigenvalue weighted by Gasteiger charge is 2.37. The number of H-pyrrole nitrogens is 1. The van der Waals surface area contributed by atoms with Gasteiger partial charge in [0.05, 0.1) is 6.04 Å². The Hall–Kier alpha value is -2.50. The molecule has 1 aromatic heterocycles. The van der Waals surface area contributed by atoms with Gasteiger partial charge in [-0.1, -0.05) is 25.1 Å². The van der Waals surface area contributed by atoms with Crippen molar-refractivity contribution in [1.82, 2.24) is 14.8 Å². The van der Waals surface area contributed by atoms with Gasteiger partial charge in [-0.25, -0.2) is 4.79 Å². The Morgan fingerprint density at radius 3 is 2.52 bits per heavy atom. The lowest BCUT2D eigenvalue weighted by molar-refractivity contribution is -0.140. The molecule has 1 N–H and O–H groups in total. The smallest absolute Gasteiger partial charge is 0.410 e. The Morgan fingerprint density at radius 2 is 1.85 bits per heavy atom. The molecule has 1 fully saturated rings. The number of benzene rings is 1. The predicted octanol–water partition coefficient (Wildman–Crippen LogP) is 5.68. The van der Waals surface area contributed by atoms with Crippen molar-refractivity contribution in [1.29, 1.82) is 0 Å². The second kappa shape index (κ2) is 9.40. The number of ether oxygens (including phenoxy) is 1. The first kappa shape index (κ1) is 23.7. The van der Waals surface area contributed by atoms with Gasteiger partial charge in [0.15, 0.2) is 0 Å². The summed E-state index contributed by atoms with van der Waals surface area (Å²) in [6, 6.07) is 8.59. The summed E-state index contributed by atoms with van der Waals surface area (Å²) < 4.78 is 5.48. The van der Waals surface area contributed by atoms with Crippen molar-refractivity contribution in [2.24, 2.45) is 11.8 Å². The van der Waals surface area contributed by atoms with Crippen LogP contribution < -0.4 is 0 Å². The van der Waals surface area contributed by atoms with Gasteiger partial charge in [-0.05, 0) is 76.8 Å². The van der Waals surface area contributed by atoms with Gasteiger partial charge in [0, 0.05) is 42.7 Å². The second-order valence-electron chi connectivity index (χ2n) is 10.8. The van der Waals surface area contributed by atoms with Crippen LogP contribution in [0.1, 0.15) is 77.1 Å². The fraction of sp³-hybridized carbons (Fsp3) is 0.630. The topological polar surface area (TPSA) is 65.6 Å². The van der Waals surface area contributed by atoms with E-state index < -0.39 is 5.60 Å². The van der Waals surface area contributed by atoms with Crippen LogP contribution >= 0.6 is 0 Å². The zero-order valence-corrected chi connectivity index (χ0v) is 20.8. The quantitative estimate of drug-likeness (QED) is 0.648. The largest absolute Gasteiger partial charge is 0.444 e. The number of aromatic nitrogens is 1. The summed E-state index contributed by atoms with van der Waals surface area (Å²) in [4.78, 5) is 33.3. The third-order valence-electron chi connectivity index (χ3n) is 7.26. The van der Waals surface area contributed by atoms with Crippen LogP contribution in [0.2, 0.25) is 0 Å². The molecular formula is C27H39N3O3. The van der Waals surface area contributed by atoms with E-state index in [1.807, 2.05) is 27.8 Å². The molecule has 0 bridgehead atoms. The van der Waals surface area contributed by atoms with E-state index in [0.717, 1.165) is 45.1 Å². The zero-order chi connectivity index (χ0) is 23.8. The number of nitrogens with one attached hydrogen (secondary N) is 1. The fourth-order valence-corrected chi connectivity index (χ4v) is 5.64. The third kappa shape index (κ3) is 5.04. The maximum Gasteiger partial charge on any atom is 0.410 e. The first-order valence-corrected chi connectivity index (χ1v) is 12.5. The van der Waals surface area contributed by atoms with Crippen LogP contribution in [0, 0.1) is 11.8 Å². The van der Waals surface area contributed by atoms with Crippen LogP contribution in [0.5, 0.6) is 0 Å². The standard InChI is InChI=1S/C27H39N3O3/c1-6-23-24-21(20-9-7-8-10-22(20)28-24)15-16-30(23)25(31)19-13-11-18(12-14-19)17-29(5)26(32)33-27(2,3)4/h7-10,18-19,23,28H,6,11-17H2,1-5H3. The van der Waals surface area contributed by atoms with Crippen molar-refractivity contribution in [3.05, 3.63) is 35.5 Å². The number of rotatable bonds is 4. The Morgan fingerprint density at radius 1 is 1.15 bits per heavy atom. The lowest BCUT2D eigenvalue weighted by Gasteiger charge is -2.39. The molecule has 0 radical (unpaired) electrons. The molecule has 1 aromatic carbocycles. The minimum absolute atomic E-state index is 0.0908. The molecule has 1 aliphatic heterocycles. The lowest BCUT2D eigenvalue weighted by atomic mass is 9.80. The molecule has 1 aliphatic carbocycles. The minimum atomic E-state index is -0.482. The van der Waals surface area contributed by atoms with E-state index in [4.69, 9.17) is 4.74 Å².